The molecule has 1 atom stereocenters. The Morgan fingerprint density at radius 1 is 1.33 bits per heavy atom. The maximum absolute atomic E-state index is 10.8. The van der Waals surface area contributed by atoms with Crippen molar-refractivity contribution in [3.63, 3.8) is 0 Å². The fourth-order valence-electron chi connectivity index (χ4n) is 3.36. The molecule has 1 aliphatic heterocycles. The van der Waals surface area contributed by atoms with Crippen LogP contribution >= 0.6 is 0 Å². The zero-order valence-corrected chi connectivity index (χ0v) is 13.0. The van der Waals surface area contributed by atoms with Crippen LogP contribution in [-0.2, 0) is 4.79 Å². The Kier molecular flexibility index (Phi) is 5.76. The van der Waals surface area contributed by atoms with E-state index in [9.17, 15) is 4.79 Å². The summed E-state index contributed by atoms with van der Waals surface area (Å²) in [6.45, 7) is 4.46. The molecule has 116 valence electrons. The smallest absolute Gasteiger partial charge is 0.317 e. The van der Waals surface area contributed by atoms with Gasteiger partial charge in [0.15, 0.2) is 0 Å². The average molecular weight is 290 g/mol. The van der Waals surface area contributed by atoms with Crippen LogP contribution in [0.15, 0.2) is 30.3 Å². The van der Waals surface area contributed by atoms with Gasteiger partial charge in [0, 0.05) is 25.2 Å². The maximum atomic E-state index is 10.8. The number of likely N-dealkylation sites (tertiary alicyclic amines) is 1. The topological polar surface area (TPSA) is 43.8 Å². The number of hydrogen-bond donors (Lipinski definition) is 1. The number of rotatable bonds is 6. The monoisotopic (exact) mass is 290 g/mol. The molecule has 0 bridgehead atoms. The first kappa shape index (κ1) is 16.0. The summed E-state index contributed by atoms with van der Waals surface area (Å²) in [6.07, 6.45) is 3.21. The largest absolute Gasteiger partial charge is 0.480 e. The highest BCUT2D eigenvalue weighted by molar-refractivity contribution is 5.69. The number of carboxylic acids is 1. The zero-order chi connectivity index (χ0) is 15.2. The van der Waals surface area contributed by atoms with Gasteiger partial charge in [0.1, 0.15) is 0 Å². The van der Waals surface area contributed by atoms with Crippen molar-refractivity contribution in [1.29, 1.82) is 0 Å². The van der Waals surface area contributed by atoms with Crippen LogP contribution in [0.2, 0.25) is 0 Å². The highest BCUT2D eigenvalue weighted by Crippen LogP contribution is 2.28. The third kappa shape index (κ3) is 4.29. The molecule has 2 rings (SSSR count). The highest BCUT2D eigenvalue weighted by Gasteiger charge is 2.27. The number of likely N-dealkylation sites (N-methyl/N-ethyl adjacent to an activating group) is 1. The minimum atomic E-state index is -0.740. The maximum Gasteiger partial charge on any atom is 0.317 e. The van der Waals surface area contributed by atoms with Gasteiger partial charge in [-0.1, -0.05) is 37.3 Å². The molecule has 0 radical (unpaired) electrons. The fraction of sp³-hybridized carbons (Fsp3) is 0.588. The molecule has 4 heteroatoms. The Labute approximate surface area is 127 Å². The van der Waals surface area contributed by atoms with Crippen molar-refractivity contribution in [1.82, 2.24) is 9.80 Å². The van der Waals surface area contributed by atoms with Gasteiger partial charge in [-0.2, -0.15) is 0 Å². The number of hydrogen-bond acceptors (Lipinski definition) is 3. The van der Waals surface area contributed by atoms with E-state index in [1.165, 1.54) is 5.56 Å². The third-order valence-electron chi connectivity index (χ3n) is 4.52. The number of benzene rings is 1. The summed E-state index contributed by atoms with van der Waals surface area (Å²) in [5.74, 6) is -0.740. The number of piperidine rings is 1. The summed E-state index contributed by atoms with van der Waals surface area (Å²) < 4.78 is 0. The van der Waals surface area contributed by atoms with Gasteiger partial charge in [0.25, 0.3) is 0 Å². The standard InChI is InChI=1S/C17H26N2O2/c1-3-16(14-7-5-4-6-8-14)19-11-9-15(10-12-19)18(2)13-17(20)21/h4-8,15-16H,3,9-13H2,1-2H3,(H,20,21). The van der Waals surface area contributed by atoms with E-state index in [1.54, 1.807) is 0 Å². The second kappa shape index (κ2) is 7.57. The molecule has 0 aromatic heterocycles. The van der Waals surface area contributed by atoms with Crippen LogP contribution in [0.4, 0.5) is 0 Å². The van der Waals surface area contributed by atoms with Crippen molar-refractivity contribution in [2.45, 2.75) is 38.3 Å². The average Bonchev–Trinajstić information content (AvgIpc) is 2.49. The van der Waals surface area contributed by atoms with Crippen LogP contribution in [0, 0.1) is 0 Å². The molecule has 1 unspecified atom stereocenters. The Balaban J connectivity index is 1.92. The van der Waals surface area contributed by atoms with Gasteiger partial charge in [-0.25, -0.2) is 0 Å². The normalized spacial score (nSPS) is 18.8. The summed E-state index contributed by atoms with van der Waals surface area (Å²) in [4.78, 5) is 15.3. The van der Waals surface area contributed by atoms with E-state index in [-0.39, 0.29) is 6.54 Å². The van der Waals surface area contributed by atoms with Gasteiger partial charge in [0.05, 0.1) is 6.54 Å². The minimum Gasteiger partial charge on any atom is -0.480 e. The summed E-state index contributed by atoms with van der Waals surface area (Å²) in [5.41, 5.74) is 1.39. The molecule has 1 aromatic rings. The number of nitrogens with zero attached hydrogens (tertiary/aromatic N) is 2. The third-order valence-corrected chi connectivity index (χ3v) is 4.52. The van der Waals surface area contributed by atoms with Gasteiger partial charge >= 0.3 is 5.97 Å². The second-order valence-electron chi connectivity index (χ2n) is 5.91. The van der Waals surface area contributed by atoms with E-state index in [2.05, 4.69) is 42.2 Å². The van der Waals surface area contributed by atoms with Crippen molar-refractivity contribution >= 4 is 5.97 Å². The van der Waals surface area contributed by atoms with Gasteiger partial charge in [-0.05, 0) is 31.9 Å². The first-order chi connectivity index (χ1) is 10.1. The van der Waals surface area contributed by atoms with Crippen molar-refractivity contribution in [3.05, 3.63) is 35.9 Å². The minimum absolute atomic E-state index is 0.139. The van der Waals surface area contributed by atoms with Crippen LogP contribution < -0.4 is 0 Å². The molecule has 4 nitrogen and oxygen atoms in total. The van der Waals surface area contributed by atoms with Gasteiger partial charge in [0.2, 0.25) is 0 Å². The van der Waals surface area contributed by atoms with E-state index in [0.717, 1.165) is 32.4 Å². The van der Waals surface area contributed by atoms with E-state index in [1.807, 2.05) is 11.9 Å². The Morgan fingerprint density at radius 2 is 1.95 bits per heavy atom. The van der Waals surface area contributed by atoms with Gasteiger partial charge in [-0.15, -0.1) is 0 Å². The fourth-order valence-corrected chi connectivity index (χ4v) is 3.36. The summed E-state index contributed by atoms with van der Waals surface area (Å²) in [7, 11) is 1.92. The molecule has 1 saturated heterocycles. The number of carboxylic acid groups (broad SMARTS) is 1. The van der Waals surface area contributed by atoms with E-state index >= 15 is 0 Å². The molecule has 0 saturated carbocycles. The Morgan fingerprint density at radius 3 is 2.48 bits per heavy atom. The van der Waals surface area contributed by atoms with E-state index < -0.39 is 5.97 Å². The summed E-state index contributed by atoms with van der Waals surface area (Å²) in [6, 6.07) is 11.6. The Bertz CT molecular complexity index is 441. The van der Waals surface area contributed by atoms with Crippen LogP contribution in [0.5, 0.6) is 0 Å². The second-order valence-corrected chi connectivity index (χ2v) is 5.91. The van der Waals surface area contributed by atoms with E-state index in [0.29, 0.717) is 12.1 Å². The highest BCUT2D eigenvalue weighted by atomic mass is 16.4. The molecule has 1 heterocycles. The van der Waals surface area contributed by atoms with Crippen molar-refractivity contribution in [2.24, 2.45) is 0 Å². The first-order valence-corrected chi connectivity index (χ1v) is 7.82. The van der Waals surface area contributed by atoms with E-state index in [4.69, 9.17) is 5.11 Å². The molecule has 21 heavy (non-hydrogen) atoms. The van der Waals surface area contributed by atoms with Crippen LogP contribution in [0.1, 0.15) is 37.8 Å². The molecule has 0 amide bonds. The van der Waals surface area contributed by atoms with Crippen LogP contribution in [-0.4, -0.2) is 53.6 Å². The molecular formula is C17H26N2O2. The number of aliphatic carboxylic acids is 1. The molecular weight excluding hydrogens is 264 g/mol. The molecule has 0 spiro atoms. The first-order valence-electron chi connectivity index (χ1n) is 7.82. The van der Waals surface area contributed by atoms with Crippen molar-refractivity contribution in [3.8, 4) is 0 Å². The summed E-state index contributed by atoms with van der Waals surface area (Å²) in [5, 5.41) is 8.89. The van der Waals surface area contributed by atoms with Crippen LogP contribution in [0.25, 0.3) is 0 Å². The lowest BCUT2D eigenvalue weighted by Gasteiger charge is -2.40. The lowest BCUT2D eigenvalue weighted by molar-refractivity contribution is -0.138. The summed E-state index contributed by atoms with van der Waals surface area (Å²) >= 11 is 0. The molecule has 0 aliphatic carbocycles. The quantitative estimate of drug-likeness (QED) is 0.874. The molecule has 1 aliphatic rings. The molecule has 1 fully saturated rings. The SMILES string of the molecule is CCC(c1ccccc1)N1CCC(N(C)CC(=O)O)CC1. The van der Waals surface area contributed by atoms with Crippen molar-refractivity contribution < 1.29 is 9.90 Å². The zero-order valence-electron chi connectivity index (χ0n) is 13.0. The van der Waals surface area contributed by atoms with Gasteiger partial charge in [-0.3, -0.25) is 14.6 Å². The Hall–Kier alpha value is -1.39. The molecule has 1 aromatic carbocycles. The predicted octanol–water partition coefficient (Wildman–Crippen LogP) is 2.62. The predicted molar refractivity (Wildman–Crippen MR) is 84.3 cm³/mol. The lowest BCUT2D eigenvalue weighted by Crippen LogP contribution is -2.45. The van der Waals surface area contributed by atoms with Gasteiger partial charge < -0.3 is 5.11 Å². The lowest BCUT2D eigenvalue weighted by atomic mass is 9.97. The number of carbonyl (C=O) groups is 1. The van der Waals surface area contributed by atoms with Crippen molar-refractivity contribution in [2.75, 3.05) is 26.7 Å². The molecule has 1 N–H and O–H groups in total. The van der Waals surface area contributed by atoms with Crippen LogP contribution in [0.3, 0.4) is 0 Å².